The molecule has 0 aliphatic carbocycles. The number of hydrogen-bond donors (Lipinski definition) is 2. The van der Waals surface area contributed by atoms with Crippen molar-refractivity contribution in [2.45, 2.75) is 12.6 Å². The summed E-state index contributed by atoms with van der Waals surface area (Å²) in [5.74, 6) is 1.07. The number of hydrogen-bond acceptors (Lipinski definition) is 6. The summed E-state index contributed by atoms with van der Waals surface area (Å²) in [5, 5.41) is 12.5. The minimum atomic E-state index is -0.715. The number of aromatic nitrogens is 4. The molecular formula is C18H17N5O2. The van der Waals surface area contributed by atoms with Gasteiger partial charge in [-0.3, -0.25) is 0 Å². The van der Waals surface area contributed by atoms with Gasteiger partial charge in [0.2, 0.25) is 0 Å². The Morgan fingerprint density at radius 1 is 1.08 bits per heavy atom. The van der Waals surface area contributed by atoms with Gasteiger partial charge in [0, 0.05) is 5.39 Å². The van der Waals surface area contributed by atoms with E-state index in [9.17, 15) is 5.11 Å². The van der Waals surface area contributed by atoms with E-state index in [1.807, 2.05) is 42.5 Å². The fourth-order valence-corrected chi connectivity index (χ4v) is 2.82. The quantitative estimate of drug-likeness (QED) is 0.579. The molecule has 0 radical (unpaired) electrons. The van der Waals surface area contributed by atoms with Crippen LogP contribution in [0, 0.1) is 0 Å². The van der Waals surface area contributed by atoms with Gasteiger partial charge in [-0.15, -0.1) is 0 Å². The van der Waals surface area contributed by atoms with Crippen molar-refractivity contribution in [2.75, 3.05) is 12.3 Å². The topological polar surface area (TPSA) is 99.1 Å². The van der Waals surface area contributed by atoms with Crippen LogP contribution in [0.4, 0.5) is 5.82 Å². The number of rotatable bonds is 5. The Bertz CT molecular complexity index is 1030. The van der Waals surface area contributed by atoms with Crippen LogP contribution in [0.1, 0.15) is 0 Å². The molecule has 0 saturated heterocycles. The number of nitrogens with two attached hydrogens (primary N) is 1. The zero-order valence-corrected chi connectivity index (χ0v) is 13.4. The Morgan fingerprint density at radius 3 is 2.84 bits per heavy atom. The standard InChI is InChI=1S/C18H17N5O2/c19-17-16-18(21-10-20-17)23(11-22-16)8-13(24)9-25-15-7-3-5-12-4-1-2-6-14(12)15/h1-7,10-11,13,24H,8-9H2,(H2,19,20,21). The Kier molecular flexibility index (Phi) is 3.91. The van der Waals surface area contributed by atoms with E-state index in [1.165, 1.54) is 6.33 Å². The van der Waals surface area contributed by atoms with Crippen LogP contribution in [0.2, 0.25) is 0 Å². The maximum atomic E-state index is 10.3. The van der Waals surface area contributed by atoms with Crippen molar-refractivity contribution < 1.29 is 9.84 Å². The van der Waals surface area contributed by atoms with Crippen molar-refractivity contribution in [3.63, 3.8) is 0 Å². The number of fused-ring (bicyclic) bond motifs is 2. The first-order valence-corrected chi connectivity index (χ1v) is 7.92. The smallest absolute Gasteiger partial charge is 0.165 e. The summed E-state index contributed by atoms with van der Waals surface area (Å²) < 4.78 is 7.57. The zero-order valence-electron chi connectivity index (χ0n) is 13.4. The first kappa shape index (κ1) is 15.3. The van der Waals surface area contributed by atoms with Crippen LogP contribution in [0.15, 0.2) is 55.1 Å². The normalized spacial score (nSPS) is 12.5. The molecule has 0 aliphatic rings. The van der Waals surface area contributed by atoms with Gasteiger partial charge in [0.1, 0.15) is 30.3 Å². The van der Waals surface area contributed by atoms with Gasteiger partial charge in [0.25, 0.3) is 0 Å². The third-order valence-electron chi connectivity index (χ3n) is 4.02. The van der Waals surface area contributed by atoms with Gasteiger partial charge in [-0.05, 0) is 11.5 Å². The number of ether oxygens (including phenoxy) is 1. The second-order valence-electron chi connectivity index (χ2n) is 5.77. The molecule has 2 aromatic carbocycles. The van der Waals surface area contributed by atoms with Crippen LogP contribution in [0.25, 0.3) is 21.9 Å². The summed E-state index contributed by atoms with van der Waals surface area (Å²) in [5.41, 5.74) is 6.90. The monoisotopic (exact) mass is 335 g/mol. The Hall–Kier alpha value is -3.19. The van der Waals surface area contributed by atoms with E-state index in [1.54, 1.807) is 10.9 Å². The summed E-state index contributed by atoms with van der Waals surface area (Å²) in [6, 6.07) is 13.8. The lowest BCUT2D eigenvalue weighted by atomic mass is 10.1. The summed E-state index contributed by atoms with van der Waals surface area (Å²) in [4.78, 5) is 12.3. The maximum Gasteiger partial charge on any atom is 0.165 e. The molecule has 1 unspecified atom stereocenters. The van der Waals surface area contributed by atoms with Crippen LogP contribution < -0.4 is 10.5 Å². The van der Waals surface area contributed by atoms with Crippen LogP contribution >= 0.6 is 0 Å². The molecule has 0 amide bonds. The van der Waals surface area contributed by atoms with Crippen LogP contribution in [-0.4, -0.2) is 37.3 Å². The average molecular weight is 335 g/mol. The minimum Gasteiger partial charge on any atom is -0.490 e. The predicted octanol–water partition coefficient (Wildman–Crippen LogP) is 2.00. The van der Waals surface area contributed by atoms with Crippen LogP contribution in [-0.2, 0) is 6.54 Å². The Morgan fingerprint density at radius 2 is 1.92 bits per heavy atom. The Balaban J connectivity index is 1.48. The molecule has 4 aromatic rings. The van der Waals surface area contributed by atoms with Crippen LogP contribution in [0.5, 0.6) is 5.75 Å². The number of aliphatic hydroxyl groups excluding tert-OH is 1. The van der Waals surface area contributed by atoms with Crippen molar-refractivity contribution in [3.05, 3.63) is 55.1 Å². The number of nitrogens with zero attached hydrogens (tertiary/aromatic N) is 4. The highest BCUT2D eigenvalue weighted by atomic mass is 16.5. The summed E-state index contributed by atoms with van der Waals surface area (Å²) in [6.07, 6.45) is 2.26. The fourth-order valence-electron chi connectivity index (χ4n) is 2.82. The van der Waals surface area contributed by atoms with Crippen molar-refractivity contribution in [2.24, 2.45) is 0 Å². The lowest BCUT2D eigenvalue weighted by Gasteiger charge is -2.14. The van der Waals surface area contributed by atoms with Crippen LogP contribution in [0.3, 0.4) is 0 Å². The molecule has 0 saturated carbocycles. The number of nitrogen functional groups attached to an aromatic ring is 1. The number of imidazole rings is 1. The number of benzene rings is 2. The van der Waals surface area contributed by atoms with Crippen molar-refractivity contribution in [1.29, 1.82) is 0 Å². The molecule has 2 aromatic heterocycles. The number of aliphatic hydroxyl groups is 1. The van der Waals surface area contributed by atoms with Gasteiger partial charge in [0.05, 0.1) is 12.9 Å². The van der Waals surface area contributed by atoms with Gasteiger partial charge in [-0.1, -0.05) is 36.4 Å². The Labute approximate surface area is 143 Å². The molecule has 0 bridgehead atoms. The summed E-state index contributed by atoms with van der Waals surface area (Å²) in [6.45, 7) is 0.464. The molecule has 2 heterocycles. The minimum absolute atomic E-state index is 0.161. The molecule has 25 heavy (non-hydrogen) atoms. The molecule has 126 valence electrons. The SMILES string of the molecule is Nc1ncnc2c1ncn2CC(O)COc1cccc2ccccc12. The van der Waals surface area contributed by atoms with Gasteiger partial charge in [0.15, 0.2) is 11.5 Å². The first-order valence-electron chi connectivity index (χ1n) is 7.92. The molecule has 7 nitrogen and oxygen atoms in total. The summed E-state index contributed by atoms with van der Waals surface area (Å²) >= 11 is 0. The van der Waals surface area contributed by atoms with E-state index in [2.05, 4.69) is 15.0 Å². The zero-order chi connectivity index (χ0) is 17.2. The van der Waals surface area contributed by atoms with E-state index in [0.717, 1.165) is 16.5 Å². The van der Waals surface area contributed by atoms with Gasteiger partial charge >= 0.3 is 0 Å². The van der Waals surface area contributed by atoms with Gasteiger partial charge < -0.3 is 20.1 Å². The third-order valence-corrected chi connectivity index (χ3v) is 4.02. The second-order valence-corrected chi connectivity index (χ2v) is 5.77. The van der Waals surface area contributed by atoms with E-state index in [4.69, 9.17) is 10.5 Å². The lowest BCUT2D eigenvalue weighted by molar-refractivity contribution is 0.0940. The molecule has 0 spiro atoms. The van der Waals surface area contributed by atoms with Gasteiger partial charge in [-0.25, -0.2) is 15.0 Å². The fraction of sp³-hybridized carbons (Fsp3) is 0.167. The molecule has 0 aliphatic heterocycles. The summed E-state index contributed by atoms with van der Waals surface area (Å²) in [7, 11) is 0. The van der Waals surface area contributed by atoms with Crippen molar-refractivity contribution in [3.8, 4) is 5.75 Å². The van der Waals surface area contributed by atoms with E-state index >= 15 is 0 Å². The molecule has 7 heteroatoms. The van der Waals surface area contributed by atoms with E-state index < -0.39 is 6.10 Å². The van der Waals surface area contributed by atoms with Crippen molar-refractivity contribution in [1.82, 2.24) is 19.5 Å². The predicted molar refractivity (Wildman–Crippen MR) is 95.2 cm³/mol. The molecule has 1 atom stereocenters. The molecule has 3 N–H and O–H groups in total. The first-order chi connectivity index (χ1) is 12.2. The van der Waals surface area contributed by atoms with E-state index in [0.29, 0.717) is 23.5 Å². The highest BCUT2D eigenvalue weighted by Crippen LogP contribution is 2.25. The second kappa shape index (κ2) is 6.37. The lowest BCUT2D eigenvalue weighted by Crippen LogP contribution is -2.23. The van der Waals surface area contributed by atoms with Crippen molar-refractivity contribution >= 4 is 27.8 Å². The van der Waals surface area contributed by atoms with E-state index in [-0.39, 0.29) is 6.61 Å². The molecule has 4 rings (SSSR count). The molecule has 0 fully saturated rings. The van der Waals surface area contributed by atoms with Gasteiger partial charge in [-0.2, -0.15) is 0 Å². The maximum absolute atomic E-state index is 10.3. The molecular weight excluding hydrogens is 318 g/mol. The average Bonchev–Trinajstić information content (AvgIpc) is 3.04. The highest BCUT2D eigenvalue weighted by molar-refractivity contribution is 5.88. The third kappa shape index (κ3) is 2.97. The largest absolute Gasteiger partial charge is 0.490 e. The number of anilines is 1. The highest BCUT2D eigenvalue weighted by Gasteiger charge is 2.13.